The lowest BCUT2D eigenvalue weighted by atomic mass is 9.97. The third-order valence-corrected chi connectivity index (χ3v) is 6.76. The Labute approximate surface area is 229 Å². The summed E-state index contributed by atoms with van der Waals surface area (Å²) in [4.78, 5) is 27.8. The van der Waals surface area contributed by atoms with Crippen LogP contribution < -0.4 is 0 Å². The molecule has 0 radical (unpaired) electrons. The Balaban J connectivity index is 1.31. The van der Waals surface area contributed by atoms with Gasteiger partial charge in [-0.2, -0.15) is 0 Å². The minimum atomic E-state index is -0.291. The summed E-state index contributed by atoms with van der Waals surface area (Å²) >= 11 is 0. The number of esters is 1. The normalized spacial score (nSPS) is 14.4. The smallest absolute Gasteiger partial charge is 0.334 e. The molecule has 0 saturated heterocycles. The van der Waals surface area contributed by atoms with Crippen molar-refractivity contribution in [2.24, 2.45) is 0 Å². The Hall–Kier alpha value is -4.16. The summed E-state index contributed by atoms with van der Waals surface area (Å²) in [6.45, 7) is 1.92. The zero-order chi connectivity index (χ0) is 27.5. The van der Waals surface area contributed by atoms with Crippen LogP contribution in [0.1, 0.15) is 36.0 Å². The number of aromatic hydroxyl groups is 2. The maximum Gasteiger partial charge on any atom is 0.334 e. The molecule has 3 aromatic rings. The van der Waals surface area contributed by atoms with Crippen LogP contribution in [0.15, 0.2) is 102 Å². The van der Waals surface area contributed by atoms with Crippen molar-refractivity contribution in [1.82, 2.24) is 4.90 Å². The lowest BCUT2D eigenvalue weighted by molar-refractivity contribution is -0.140. The second kappa shape index (κ2) is 14.1. The van der Waals surface area contributed by atoms with E-state index in [0.717, 1.165) is 22.3 Å². The highest BCUT2D eigenvalue weighted by atomic mass is 16.5. The van der Waals surface area contributed by atoms with Gasteiger partial charge in [0.15, 0.2) is 5.78 Å². The van der Waals surface area contributed by atoms with Crippen LogP contribution in [0.3, 0.4) is 0 Å². The van der Waals surface area contributed by atoms with Crippen molar-refractivity contribution in [1.29, 1.82) is 0 Å². The van der Waals surface area contributed by atoms with Crippen molar-refractivity contribution < 1.29 is 24.5 Å². The Morgan fingerprint density at radius 3 is 2.18 bits per heavy atom. The Bertz CT molecular complexity index is 1290. The number of ether oxygens (including phenoxy) is 1. The molecule has 1 aliphatic rings. The third-order valence-electron chi connectivity index (χ3n) is 6.76. The molecule has 0 fully saturated rings. The first kappa shape index (κ1) is 27.9. The number of hydrogen-bond acceptors (Lipinski definition) is 6. The lowest BCUT2D eigenvalue weighted by Gasteiger charge is -2.19. The van der Waals surface area contributed by atoms with Crippen LogP contribution in [-0.2, 0) is 33.8 Å². The van der Waals surface area contributed by atoms with Crippen LogP contribution in [0.2, 0.25) is 0 Å². The van der Waals surface area contributed by atoms with Gasteiger partial charge in [0.1, 0.15) is 18.1 Å². The topological polar surface area (TPSA) is 87.1 Å². The van der Waals surface area contributed by atoms with Gasteiger partial charge in [0, 0.05) is 25.1 Å². The second-order valence-electron chi connectivity index (χ2n) is 9.90. The number of allylic oxidation sites excluding steroid dienone is 2. The molecule has 0 spiro atoms. The van der Waals surface area contributed by atoms with E-state index in [1.165, 1.54) is 0 Å². The number of carbonyl (C=O) groups is 2. The average molecular weight is 526 g/mol. The van der Waals surface area contributed by atoms with Crippen molar-refractivity contribution in [3.05, 3.63) is 119 Å². The molecule has 1 heterocycles. The molecule has 202 valence electrons. The summed E-state index contributed by atoms with van der Waals surface area (Å²) in [5.41, 5.74) is 4.71. The number of nitrogens with zero attached hydrogens (tertiary/aromatic N) is 1. The van der Waals surface area contributed by atoms with Crippen molar-refractivity contribution in [2.45, 2.75) is 38.7 Å². The first-order valence-corrected chi connectivity index (χ1v) is 13.3. The third kappa shape index (κ3) is 9.27. The molecule has 3 aromatic carbocycles. The van der Waals surface area contributed by atoms with Gasteiger partial charge in [0.05, 0.1) is 6.54 Å². The summed E-state index contributed by atoms with van der Waals surface area (Å²) in [6, 6.07) is 23.7. The van der Waals surface area contributed by atoms with Gasteiger partial charge in [0.2, 0.25) is 0 Å². The fourth-order valence-corrected chi connectivity index (χ4v) is 4.61. The molecule has 6 heteroatoms. The molecule has 0 amide bonds. The van der Waals surface area contributed by atoms with E-state index in [1.807, 2.05) is 60.7 Å². The zero-order valence-corrected chi connectivity index (χ0v) is 22.1. The molecule has 0 unspecified atom stereocenters. The molecule has 1 aliphatic heterocycles. The summed E-state index contributed by atoms with van der Waals surface area (Å²) in [6.07, 6.45) is 6.87. The van der Waals surface area contributed by atoms with Crippen molar-refractivity contribution in [3.8, 4) is 11.5 Å². The zero-order valence-electron chi connectivity index (χ0n) is 22.1. The first-order valence-electron chi connectivity index (χ1n) is 13.3. The van der Waals surface area contributed by atoms with E-state index in [1.54, 1.807) is 24.3 Å². The number of ketones is 1. The number of benzene rings is 3. The summed E-state index contributed by atoms with van der Waals surface area (Å²) in [5, 5.41) is 19.2. The van der Waals surface area contributed by atoms with Crippen LogP contribution in [-0.4, -0.2) is 46.5 Å². The Morgan fingerprint density at radius 2 is 1.49 bits per heavy atom. The van der Waals surface area contributed by atoms with E-state index in [4.69, 9.17) is 4.74 Å². The van der Waals surface area contributed by atoms with Crippen LogP contribution in [0.5, 0.6) is 11.5 Å². The number of phenolic OH excluding ortho intramolecular Hbond substituents is 2. The molecule has 0 aromatic heterocycles. The summed E-state index contributed by atoms with van der Waals surface area (Å²) in [5.74, 6) is 0.269. The number of rotatable bonds is 11. The summed E-state index contributed by atoms with van der Waals surface area (Å²) < 4.78 is 5.50. The van der Waals surface area contributed by atoms with E-state index in [0.29, 0.717) is 57.3 Å². The largest absolute Gasteiger partial charge is 0.508 e. The van der Waals surface area contributed by atoms with Crippen LogP contribution >= 0.6 is 0 Å². The first-order chi connectivity index (χ1) is 18.9. The van der Waals surface area contributed by atoms with Crippen LogP contribution in [0.4, 0.5) is 0 Å². The predicted molar refractivity (Wildman–Crippen MR) is 151 cm³/mol. The fraction of sp³-hybridized carbons (Fsp3) is 0.273. The monoisotopic (exact) mass is 525 g/mol. The molecule has 0 bridgehead atoms. The average Bonchev–Trinajstić information content (AvgIpc) is 3.18. The van der Waals surface area contributed by atoms with Crippen molar-refractivity contribution in [3.63, 3.8) is 0 Å². The molecule has 39 heavy (non-hydrogen) atoms. The highest BCUT2D eigenvalue weighted by Gasteiger charge is 2.19. The van der Waals surface area contributed by atoms with E-state index >= 15 is 0 Å². The quantitative estimate of drug-likeness (QED) is 0.253. The molecule has 0 saturated carbocycles. The Morgan fingerprint density at radius 1 is 0.821 bits per heavy atom. The highest BCUT2D eigenvalue weighted by molar-refractivity contribution is 5.88. The molecular formula is C33H35NO5. The maximum atomic E-state index is 13.1. The molecular weight excluding hydrogens is 490 g/mol. The molecule has 4 rings (SSSR count). The van der Waals surface area contributed by atoms with Gasteiger partial charge in [-0.3, -0.25) is 9.69 Å². The molecule has 2 N–H and O–H groups in total. The van der Waals surface area contributed by atoms with Gasteiger partial charge in [-0.25, -0.2) is 4.79 Å². The maximum absolute atomic E-state index is 13.1. The van der Waals surface area contributed by atoms with Gasteiger partial charge < -0.3 is 14.9 Å². The van der Waals surface area contributed by atoms with Crippen LogP contribution in [0, 0.1) is 0 Å². The minimum absolute atomic E-state index is 0.126. The molecule has 6 nitrogen and oxygen atoms in total. The number of hydrogen-bond donors (Lipinski definition) is 2. The van der Waals surface area contributed by atoms with E-state index in [2.05, 4.69) is 11.0 Å². The standard InChI is InChI=1S/C33H35NO5/c35-30-14-10-25(11-15-30)8-9-28(21-26-12-16-31(36)17-13-26)22-32(37)23-34-19-4-7-29(18-20-34)33(38)39-24-27-5-2-1-3-6-27/h1-3,5-7,9-17,35-36H,4,8,18-24H2/b28-9+. The second-order valence-corrected chi connectivity index (χ2v) is 9.90. The number of carbonyl (C=O) groups excluding carboxylic acids is 2. The molecule has 0 aliphatic carbocycles. The number of Topliss-reactive ketones (excluding diaryl/α,β-unsaturated/α-hetero) is 1. The Kier molecular flexibility index (Phi) is 10.1. The fourth-order valence-electron chi connectivity index (χ4n) is 4.61. The van der Waals surface area contributed by atoms with Gasteiger partial charge in [0.25, 0.3) is 0 Å². The van der Waals surface area contributed by atoms with E-state index in [9.17, 15) is 19.8 Å². The van der Waals surface area contributed by atoms with Crippen molar-refractivity contribution in [2.75, 3.05) is 19.6 Å². The van der Waals surface area contributed by atoms with Gasteiger partial charge in [-0.15, -0.1) is 0 Å². The van der Waals surface area contributed by atoms with E-state index in [-0.39, 0.29) is 29.9 Å². The highest BCUT2D eigenvalue weighted by Crippen LogP contribution is 2.19. The molecule has 0 atom stereocenters. The van der Waals surface area contributed by atoms with Crippen LogP contribution in [0.25, 0.3) is 0 Å². The minimum Gasteiger partial charge on any atom is -0.508 e. The SMILES string of the molecule is O=C(C/C(=C/Cc1ccc(O)cc1)Cc1ccc(O)cc1)CN1CCC=C(C(=O)OCc2ccccc2)CC1. The predicted octanol–water partition coefficient (Wildman–Crippen LogP) is 5.53. The van der Waals surface area contributed by atoms with Gasteiger partial charge in [-0.1, -0.05) is 72.3 Å². The number of phenols is 2. The summed E-state index contributed by atoms with van der Waals surface area (Å²) in [7, 11) is 0. The van der Waals surface area contributed by atoms with E-state index < -0.39 is 0 Å². The van der Waals surface area contributed by atoms with Crippen molar-refractivity contribution >= 4 is 11.8 Å². The van der Waals surface area contributed by atoms with Gasteiger partial charge >= 0.3 is 5.97 Å². The lowest BCUT2D eigenvalue weighted by Crippen LogP contribution is -2.31. The van der Waals surface area contributed by atoms with Gasteiger partial charge in [-0.05, 0) is 66.6 Å².